The van der Waals surface area contributed by atoms with E-state index in [9.17, 15) is 22.8 Å². The van der Waals surface area contributed by atoms with Crippen molar-refractivity contribution in [2.75, 3.05) is 0 Å². The normalized spacial score (nSPS) is 10.6. The monoisotopic (exact) mass is 360 g/mol. The lowest BCUT2D eigenvalue weighted by molar-refractivity contribution is -0.131. The molecule has 26 heavy (non-hydrogen) atoms. The summed E-state index contributed by atoms with van der Waals surface area (Å²) in [4.78, 5) is 23.1. The molecule has 0 saturated heterocycles. The number of hydrogen-bond acceptors (Lipinski definition) is 4. The lowest BCUT2D eigenvalue weighted by Gasteiger charge is -2.07. The average Bonchev–Trinajstić information content (AvgIpc) is 2.58. The first kappa shape index (κ1) is 17.5. The maximum Gasteiger partial charge on any atom is 0.343 e. The van der Waals surface area contributed by atoms with Crippen LogP contribution in [-0.4, -0.2) is 11.9 Å². The van der Waals surface area contributed by atoms with Crippen LogP contribution < -0.4 is 9.47 Å². The lowest BCUT2D eigenvalue weighted by Crippen LogP contribution is -2.09. The highest BCUT2D eigenvalue weighted by Gasteiger charge is 2.15. The van der Waals surface area contributed by atoms with Gasteiger partial charge in [-0.1, -0.05) is 12.1 Å². The molecule has 0 fully saturated rings. The van der Waals surface area contributed by atoms with Crippen molar-refractivity contribution in [2.45, 2.75) is 6.92 Å². The molecule has 0 N–H and O–H groups in total. The molecule has 4 nitrogen and oxygen atoms in total. The summed E-state index contributed by atoms with van der Waals surface area (Å²) >= 11 is 0. The Bertz CT molecular complexity index is 1010. The molecule has 0 atom stereocenters. The standard InChI is InChI=1S/C19H11F3O4/c1-10(23)25-14-5-4-11-6-13(3-2-12(11)7-14)19(24)26-15-8-16(20)18(22)17(21)9-15/h2-9H,1H3. The van der Waals surface area contributed by atoms with Gasteiger partial charge in [-0.15, -0.1) is 0 Å². The van der Waals surface area contributed by atoms with Crippen molar-refractivity contribution in [1.82, 2.24) is 0 Å². The van der Waals surface area contributed by atoms with Crippen molar-refractivity contribution in [2.24, 2.45) is 0 Å². The van der Waals surface area contributed by atoms with Gasteiger partial charge in [-0.3, -0.25) is 4.79 Å². The summed E-state index contributed by atoms with van der Waals surface area (Å²) in [7, 11) is 0. The predicted octanol–water partition coefficient (Wildman–Crippen LogP) is 4.40. The minimum absolute atomic E-state index is 0.128. The van der Waals surface area contributed by atoms with E-state index in [0.717, 1.165) is 0 Å². The van der Waals surface area contributed by atoms with Crippen molar-refractivity contribution in [3.05, 3.63) is 71.5 Å². The molecule has 7 heteroatoms. The highest BCUT2D eigenvalue weighted by atomic mass is 19.2. The number of hydrogen-bond donors (Lipinski definition) is 0. The van der Waals surface area contributed by atoms with Gasteiger partial charge in [0.2, 0.25) is 0 Å². The molecule has 132 valence electrons. The zero-order chi connectivity index (χ0) is 18.8. The molecular formula is C19H11F3O4. The molecule has 0 radical (unpaired) electrons. The van der Waals surface area contributed by atoms with E-state index in [1.807, 2.05) is 0 Å². The SMILES string of the molecule is CC(=O)Oc1ccc2cc(C(=O)Oc3cc(F)c(F)c(F)c3)ccc2c1. The molecule has 0 saturated carbocycles. The van der Waals surface area contributed by atoms with Crippen LogP contribution in [0.2, 0.25) is 0 Å². The van der Waals surface area contributed by atoms with Crippen molar-refractivity contribution in [3.63, 3.8) is 0 Å². The zero-order valence-electron chi connectivity index (χ0n) is 13.4. The Kier molecular flexibility index (Phi) is 4.62. The minimum atomic E-state index is -1.64. The number of ether oxygens (including phenoxy) is 2. The molecule has 3 aromatic carbocycles. The fourth-order valence-corrected chi connectivity index (χ4v) is 2.34. The van der Waals surface area contributed by atoms with Crippen molar-refractivity contribution in [3.8, 4) is 11.5 Å². The van der Waals surface area contributed by atoms with Crippen molar-refractivity contribution >= 4 is 22.7 Å². The van der Waals surface area contributed by atoms with Gasteiger partial charge in [0.15, 0.2) is 17.5 Å². The molecule has 0 heterocycles. The molecule has 0 bridgehead atoms. The number of halogens is 3. The van der Waals surface area contributed by atoms with Gasteiger partial charge in [0.1, 0.15) is 11.5 Å². The van der Waals surface area contributed by atoms with E-state index < -0.39 is 35.1 Å². The van der Waals surface area contributed by atoms with Crippen LogP contribution in [0.1, 0.15) is 17.3 Å². The highest BCUT2D eigenvalue weighted by molar-refractivity contribution is 5.96. The predicted molar refractivity (Wildman–Crippen MR) is 86.5 cm³/mol. The quantitative estimate of drug-likeness (QED) is 0.395. The summed E-state index contributed by atoms with van der Waals surface area (Å²) in [5, 5.41) is 1.37. The first-order valence-corrected chi connectivity index (χ1v) is 7.42. The Balaban J connectivity index is 1.85. The summed E-state index contributed by atoms with van der Waals surface area (Å²) in [6, 6.07) is 10.5. The Morgan fingerprint density at radius 1 is 0.769 bits per heavy atom. The Hall–Kier alpha value is -3.35. The smallest absolute Gasteiger partial charge is 0.343 e. The number of rotatable bonds is 3. The van der Waals surface area contributed by atoms with Gasteiger partial charge in [0.05, 0.1) is 5.56 Å². The van der Waals surface area contributed by atoms with Crippen LogP contribution in [0.25, 0.3) is 10.8 Å². The van der Waals surface area contributed by atoms with E-state index in [0.29, 0.717) is 28.7 Å². The average molecular weight is 360 g/mol. The van der Waals surface area contributed by atoms with Crippen LogP contribution in [0, 0.1) is 17.5 Å². The molecule has 0 aliphatic heterocycles. The van der Waals surface area contributed by atoms with Crippen molar-refractivity contribution < 1.29 is 32.2 Å². The number of carbonyl (C=O) groups excluding carboxylic acids is 2. The van der Waals surface area contributed by atoms with Crippen LogP contribution in [0.4, 0.5) is 13.2 Å². The lowest BCUT2D eigenvalue weighted by atomic mass is 10.1. The van der Waals surface area contributed by atoms with Gasteiger partial charge >= 0.3 is 11.9 Å². The molecule has 0 aromatic heterocycles. The number of esters is 2. The fraction of sp³-hybridized carbons (Fsp3) is 0.0526. The number of benzene rings is 3. The van der Waals surface area contributed by atoms with Crippen LogP contribution in [0.5, 0.6) is 11.5 Å². The second-order valence-electron chi connectivity index (χ2n) is 5.41. The Labute approximate surface area is 145 Å². The fourth-order valence-electron chi connectivity index (χ4n) is 2.34. The Morgan fingerprint density at radius 2 is 1.38 bits per heavy atom. The van der Waals surface area contributed by atoms with Gasteiger partial charge in [0.25, 0.3) is 0 Å². The van der Waals surface area contributed by atoms with Gasteiger partial charge in [-0.2, -0.15) is 0 Å². The topological polar surface area (TPSA) is 52.6 Å². The van der Waals surface area contributed by atoms with E-state index in [1.54, 1.807) is 24.3 Å². The van der Waals surface area contributed by atoms with E-state index in [1.165, 1.54) is 19.1 Å². The van der Waals surface area contributed by atoms with E-state index in [4.69, 9.17) is 9.47 Å². The van der Waals surface area contributed by atoms with Crippen LogP contribution in [0.15, 0.2) is 48.5 Å². The molecule has 3 aromatic rings. The highest BCUT2D eigenvalue weighted by Crippen LogP contribution is 2.24. The summed E-state index contributed by atoms with van der Waals surface area (Å²) in [6.45, 7) is 1.28. The van der Waals surface area contributed by atoms with Gasteiger partial charge in [0, 0.05) is 19.1 Å². The third kappa shape index (κ3) is 3.66. The second-order valence-corrected chi connectivity index (χ2v) is 5.41. The maximum atomic E-state index is 13.2. The summed E-state index contributed by atoms with van der Waals surface area (Å²) in [5.41, 5.74) is 0.128. The molecule has 0 amide bonds. The van der Waals surface area contributed by atoms with Crippen LogP contribution >= 0.6 is 0 Å². The Morgan fingerprint density at radius 3 is 2.04 bits per heavy atom. The van der Waals surface area contributed by atoms with Gasteiger partial charge in [-0.05, 0) is 35.0 Å². The first-order chi connectivity index (χ1) is 12.3. The van der Waals surface area contributed by atoms with Crippen LogP contribution in [0.3, 0.4) is 0 Å². The summed E-state index contributed by atoms with van der Waals surface area (Å²) in [5.74, 6) is -5.95. The van der Waals surface area contributed by atoms with E-state index >= 15 is 0 Å². The van der Waals surface area contributed by atoms with E-state index in [-0.39, 0.29) is 5.56 Å². The largest absolute Gasteiger partial charge is 0.427 e. The second kappa shape index (κ2) is 6.87. The number of carbonyl (C=O) groups is 2. The van der Waals surface area contributed by atoms with Gasteiger partial charge < -0.3 is 9.47 Å². The summed E-state index contributed by atoms with van der Waals surface area (Å²) in [6.07, 6.45) is 0. The zero-order valence-corrected chi connectivity index (χ0v) is 13.4. The number of fused-ring (bicyclic) bond motifs is 1. The molecule has 0 aliphatic carbocycles. The molecule has 0 aliphatic rings. The molecule has 3 rings (SSSR count). The van der Waals surface area contributed by atoms with Crippen LogP contribution in [-0.2, 0) is 4.79 Å². The third-order valence-corrected chi connectivity index (χ3v) is 3.48. The third-order valence-electron chi connectivity index (χ3n) is 3.48. The molecule has 0 spiro atoms. The van der Waals surface area contributed by atoms with Crippen molar-refractivity contribution in [1.29, 1.82) is 0 Å². The minimum Gasteiger partial charge on any atom is -0.427 e. The first-order valence-electron chi connectivity index (χ1n) is 7.42. The van der Waals surface area contributed by atoms with Gasteiger partial charge in [-0.25, -0.2) is 18.0 Å². The molecule has 0 unspecified atom stereocenters. The van der Waals surface area contributed by atoms with E-state index in [2.05, 4.69) is 0 Å². The molecular weight excluding hydrogens is 349 g/mol. The maximum absolute atomic E-state index is 13.2. The summed E-state index contributed by atoms with van der Waals surface area (Å²) < 4.78 is 49.2.